The first kappa shape index (κ1) is 8.58. The van der Waals surface area contributed by atoms with Crippen LogP contribution in [0, 0.1) is 11.8 Å². The Kier molecular flexibility index (Phi) is 2.42. The van der Waals surface area contributed by atoms with Gasteiger partial charge in [0.1, 0.15) is 7.85 Å². The number of rotatable bonds is 1. The predicted molar refractivity (Wildman–Crippen MR) is 54.1 cm³/mol. The summed E-state index contributed by atoms with van der Waals surface area (Å²) >= 11 is 0. The number of fused-ring (bicyclic) bond motifs is 2. The van der Waals surface area contributed by atoms with E-state index >= 15 is 0 Å². The summed E-state index contributed by atoms with van der Waals surface area (Å²) in [6.07, 6.45) is 2.73. The molecule has 2 nitrogen and oxygen atoms in total. The second-order valence-electron chi connectivity index (χ2n) is 4.54. The average Bonchev–Trinajstić information content (AvgIpc) is 2.02. The number of likely N-dealkylation sites (tertiary alicyclic amines) is 2. The highest BCUT2D eigenvalue weighted by molar-refractivity contribution is 6.08. The first-order valence-corrected chi connectivity index (χ1v) is 5.18. The number of hydrogen-bond donors (Lipinski definition) is 0. The fourth-order valence-corrected chi connectivity index (χ4v) is 2.90. The fraction of sp³-hybridized carbons (Fsp3) is 1.00. The van der Waals surface area contributed by atoms with Crippen molar-refractivity contribution < 1.29 is 0 Å². The fourth-order valence-electron chi connectivity index (χ4n) is 2.90. The summed E-state index contributed by atoms with van der Waals surface area (Å²) in [6, 6.07) is 0. The van der Waals surface area contributed by atoms with Crippen molar-refractivity contribution in [1.29, 1.82) is 0 Å². The maximum absolute atomic E-state index is 2.62. The van der Waals surface area contributed by atoms with Crippen LogP contribution in [0.3, 0.4) is 0 Å². The van der Waals surface area contributed by atoms with Gasteiger partial charge >= 0.3 is 0 Å². The molecular formula is C9H19BN2. The lowest BCUT2D eigenvalue weighted by molar-refractivity contribution is 0.0528. The van der Waals surface area contributed by atoms with Gasteiger partial charge in [-0.25, -0.2) is 0 Å². The van der Waals surface area contributed by atoms with E-state index in [9.17, 15) is 0 Å². The SMILES string of the molecule is BCN1CC2CC(CN(C)C2)C1. The van der Waals surface area contributed by atoms with E-state index in [1.807, 2.05) is 0 Å². The van der Waals surface area contributed by atoms with Gasteiger partial charge in [0.05, 0.1) is 0 Å². The molecule has 0 aromatic carbocycles. The first-order chi connectivity index (χ1) is 5.78. The van der Waals surface area contributed by atoms with E-state index in [1.54, 1.807) is 0 Å². The Hall–Kier alpha value is -0.0151. The quantitative estimate of drug-likeness (QED) is 0.483. The van der Waals surface area contributed by atoms with Crippen LogP contribution in [-0.2, 0) is 0 Å². The van der Waals surface area contributed by atoms with E-state index in [0.29, 0.717) is 0 Å². The lowest BCUT2D eigenvalue weighted by Gasteiger charge is -2.44. The van der Waals surface area contributed by atoms with Gasteiger partial charge in [-0.15, -0.1) is 0 Å². The van der Waals surface area contributed by atoms with Crippen molar-refractivity contribution in [2.75, 3.05) is 39.7 Å². The van der Waals surface area contributed by atoms with Gasteiger partial charge in [-0.3, -0.25) is 0 Å². The highest BCUT2D eigenvalue weighted by atomic mass is 15.2. The molecule has 0 amide bonds. The molecule has 12 heavy (non-hydrogen) atoms. The topological polar surface area (TPSA) is 6.48 Å². The monoisotopic (exact) mass is 166 g/mol. The summed E-state index contributed by atoms with van der Waals surface area (Å²) in [5.74, 6) is 1.92. The van der Waals surface area contributed by atoms with Crippen LogP contribution in [0.25, 0.3) is 0 Å². The standard InChI is InChI=1S/C9H19BN2/c1-11-3-8-2-9(4-11)6-12(5-8)7-10/h8-9H,2-7,10H2,1H3. The zero-order valence-electron chi connectivity index (χ0n) is 8.29. The largest absolute Gasteiger partial charge is 0.311 e. The minimum absolute atomic E-state index is 0.961. The molecule has 2 saturated heterocycles. The molecule has 0 saturated carbocycles. The molecule has 68 valence electrons. The summed E-state index contributed by atoms with van der Waals surface area (Å²) in [5.41, 5.74) is 0. The van der Waals surface area contributed by atoms with Crippen molar-refractivity contribution in [2.45, 2.75) is 6.42 Å². The first-order valence-electron chi connectivity index (χ1n) is 5.18. The molecule has 0 spiro atoms. The molecular weight excluding hydrogens is 147 g/mol. The second-order valence-corrected chi connectivity index (χ2v) is 4.54. The van der Waals surface area contributed by atoms with Crippen LogP contribution in [-0.4, -0.2) is 57.3 Å². The van der Waals surface area contributed by atoms with Crippen LogP contribution in [0.4, 0.5) is 0 Å². The highest BCUT2D eigenvalue weighted by Crippen LogP contribution is 2.27. The smallest absolute Gasteiger partial charge is 0.119 e. The van der Waals surface area contributed by atoms with Gasteiger partial charge in [0.25, 0.3) is 0 Å². The number of nitrogens with zero attached hydrogens (tertiary/aromatic N) is 2. The third kappa shape index (κ3) is 1.67. The summed E-state index contributed by atoms with van der Waals surface area (Å²) in [6.45, 7) is 5.34. The Morgan fingerprint density at radius 2 is 1.75 bits per heavy atom. The van der Waals surface area contributed by atoms with Gasteiger partial charge in [0.2, 0.25) is 0 Å². The highest BCUT2D eigenvalue weighted by Gasteiger charge is 2.31. The molecule has 0 aliphatic carbocycles. The third-order valence-corrected chi connectivity index (χ3v) is 3.29. The van der Waals surface area contributed by atoms with Crippen molar-refractivity contribution in [3.63, 3.8) is 0 Å². The van der Waals surface area contributed by atoms with E-state index in [0.717, 1.165) is 11.8 Å². The van der Waals surface area contributed by atoms with Crippen LogP contribution in [0.15, 0.2) is 0 Å². The number of piperidine rings is 2. The summed E-state index contributed by atoms with van der Waals surface area (Å²) in [5, 5.41) is 0. The van der Waals surface area contributed by atoms with E-state index in [4.69, 9.17) is 0 Å². The van der Waals surface area contributed by atoms with Crippen molar-refractivity contribution >= 4 is 7.85 Å². The molecule has 3 heteroatoms. The Morgan fingerprint density at radius 3 is 2.25 bits per heavy atom. The molecule has 2 fully saturated rings. The lowest BCUT2D eigenvalue weighted by atomic mass is 9.84. The van der Waals surface area contributed by atoms with Crippen LogP contribution < -0.4 is 0 Å². The van der Waals surface area contributed by atoms with E-state index in [1.165, 1.54) is 39.0 Å². The third-order valence-electron chi connectivity index (χ3n) is 3.29. The van der Waals surface area contributed by atoms with Crippen LogP contribution in [0.1, 0.15) is 6.42 Å². The van der Waals surface area contributed by atoms with E-state index < -0.39 is 0 Å². The van der Waals surface area contributed by atoms with Crippen molar-refractivity contribution in [2.24, 2.45) is 11.8 Å². The van der Waals surface area contributed by atoms with Crippen molar-refractivity contribution in [3.8, 4) is 0 Å². The molecule has 2 bridgehead atoms. The maximum atomic E-state index is 2.62. The Morgan fingerprint density at radius 1 is 1.17 bits per heavy atom. The molecule has 2 rings (SSSR count). The van der Waals surface area contributed by atoms with Gasteiger partial charge in [-0.1, -0.05) is 0 Å². The molecule has 0 radical (unpaired) electrons. The predicted octanol–water partition coefficient (Wildman–Crippen LogP) is -0.539. The van der Waals surface area contributed by atoms with Gasteiger partial charge in [-0.2, -0.15) is 0 Å². The van der Waals surface area contributed by atoms with E-state index in [2.05, 4.69) is 24.7 Å². The Balaban J connectivity index is 1.96. The minimum atomic E-state index is 0.961. The van der Waals surface area contributed by atoms with Gasteiger partial charge in [0.15, 0.2) is 0 Å². The second kappa shape index (κ2) is 3.39. The van der Waals surface area contributed by atoms with Crippen molar-refractivity contribution in [1.82, 2.24) is 9.80 Å². The van der Waals surface area contributed by atoms with Gasteiger partial charge < -0.3 is 9.80 Å². The summed E-state index contributed by atoms with van der Waals surface area (Å²) in [7, 11) is 4.55. The molecule has 0 N–H and O–H groups in total. The van der Waals surface area contributed by atoms with Crippen LogP contribution >= 0.6 is 0 Å². The van der Waals surface area contributed by atoms with Crippen LogP contribution in [0.2, 0.25) is 0 Å². The van der Waals surface area contributed by atoms with Gasteiger partial charge in [-0.05, 0) is 31.7 Å². The molecule has 2 unspecified atom stereocenters. The number of hydrogen-bond acceptors (Lipinski definition) is 2. The summed E-state index contributed by atoms with van der Waals surface area (Å²) < 4.78 is 0. The Labute approximate surface area is 76.3 Å². The molecule has 2 atom stereocenters. The molecule has 0 aromatic heterocycles. The zero-order valence-corrected chi connectivity index (χ0v) is 8.29. The molecule has 0 aromatic rings. The molecule has 2 aliphatic rings. The normalized spacial score (nSPS) is 38.4. The zero-order chi connectivity index (χ0) is 8.55. The lowest BCUT2D eigenvalue weighted by Crippen LogP contribution is -2.51. The van der Waals surface area contributed by atoms with E-state index in [-0.39, 0.29) is 0 Å². The summed E-state index contributed by atoms with van der Waals surface area (Å²) in [4.78, 5) is 5.12. The van der Waals surface area contributed by atoms with Crippen molar-refractivity contribution in [3.05, 3.63) is 0 Å². The van der Waals surface area contributed by atoms with Crippen LogP contribution in [0.5, 0.6) is 0 Å². The average molecular weight is 166 g/mol. The Bertz CT molecular complexity index is 145. The van der Waals surface area contributed by atoms with Gasteiger partial charge in [0, 0.05) is 26.2 Å². The maximum Gasteiger partial charge on any atom is 0.119 e. The molecule has 2 aliphatic heterocycles. The minimum Gasteiger partial charge on any atom is -0.311 e. The molecule has 2 heterocycles.